The van der Waals surface area contributed by atoms with Gasteiger partial charge in [0.05, 0.1) is 30.5 Å². The smallest absolute Gasteiger partial charge is 0.251 e. The Balaban J connectivity index is 1.61. The molecule has 0 radical (unpaired) electrons. The van der Waals surface area contributed by atoms with Gasteiger partial charge in [0, 0.05) is 30.1 Å². The summed E-state index contributed by atoms with van der Waals surface area (Å²) in [6.07, 6.45) is 4.41. The third-order valence-corrected chi connectivity index (χ3v) is 5.13. The summed E-state index contributed by atoms with van der Waals surface area (Å²) in [6.45, 7) is -0.399. The Bertz CT molecular complexity index is 1350. The summed E-state index contributed by atoms with van der Waals surface area (Å²) < 4.78 is 20.3. The maximum atomic E-state index is 13.9. The summed E-state index contributed by atoms with van der Waals surface area (Å²) in [5.74, 6) is 0.462. The van der Waals surface area contributed by atoms with E-state index < -0.39 is 24.0 Å². The van der Waals surface area contributed by atoms with E-state index in [-0.39, 0.29) is 11.0 Å². The Hall–Kier alpha value is -3.89. The highest BCUT2D eigenvalue weighted by molar-refractivity contribution is 6.30. The second kappa shape index (κ2) is 9.72. The summed E-state index contributed by atoms with van der Waals surface area (Å²) in [4.78, 5) is 29.4. The Morgan fingerprint density at radius 2 is 2.03 bits per heavy atom. The molecule has 0 amide bonds. The van der Waals surface area contributed by atoms with Crippen LogP contribution in [0.4, 0.5) is 16.2 Å². The highest BCUT2D eigenvalue weighted by Gasteiger charge is 2.16. The molecular weight excluding hydrogens is 451 g/mol. The molecule has 0 saturated heterocycles. The first kappa shape index (κ1) is 22.3. The minimum Gasteiger partial charge on any atom is -0.481 e. The van der Waals surface area contributed by atoms with Crippen molar-refractivity contribution in [1.82, 2.24) is 24.5 Å². The largest absolute Gasteiger partial charge is 0.481 e. The lowest BCUT2D eigenvalue weighted by Gasteiger charge is -2.18. The molecule has 0 saturated carbocycles. The van der Waals surface area contributed by atoms with Crippen molar-refractivity contribution in [2.75, 3.05) is 19.0 Å². The molecule has 0 fully saturated rings. The van der Waals surface area contributed by atoms with E-state index in [2.05, 4.69) is 25.3 Å². The van der Waals surface area contributed by atoms with Gasteiger partial charge >= 0.3 is 0 Å². The fourth-order valence-electron chi connectivity index (χ4n) is 3.19. The van der Waals surface area contributed by atoms with Crippen LogP contribution in [0.3, 0.4) is 0 Å². The molecule has 0 aliphatic rings. The second-order valence-corrected chi connectivity index (χ2v) is 7.28. The number of halogens is 2. The fraction of sp³-hybridized carbons (Fsp3) is 0.136. The topological polar surface area (TPSA) is 115 Å². The molecular formula is C22H18ClFN6O3. The number of rotatable bonds is 7. The van der Waals surface area contributed by atoms with Crippen molar-refractivity contribution in [3.63, 3.8) is 0 Å². The van der Waals surface area contributed by atoms with Crippen LogP contribution >= 0.6 is 11.6 Å². The number of benzene rings is 1. The quantitative estimate of drug-likeness (QED) is 0.425. The Kier molecular flexibility index (Phi) is 6.57. The van der Waals surface area contributed by atoms with Crippen molar-refractivity contribution >= 4 is 23.4 Å². The lowest BCUT2D eigenvalue weighted by atomic mass is 10.1. The van der Waals surface area contributed by atoms with Crippen LogP contribution in [0.2, 0.25) is 5.02 Å². The van der Waals surface area contributed by atoms with E-state index in [0.717, 1.165) is 0 Å². The van der Waals surface area contributed by atoms with Crippen molar-refractivity contribution < 1.29 is 14.2 Å². The van der Waals surface area contributed by atoms with Crippen molar-refractivity contribution in [3.8, 4) is 17.1 Å². The molecule has 3 aromatic heterocycles. The third-order valence-electron chi connectivity index (χ3n) is 4.83. The normalized spacial score (nSPS) is 11.8. The van der Waals surface area contributed by atoms with E-state index in [9.17, 15) is 14.3 Å². The standard InChI is InChI=1S/C22H18ClFN6O3/c1-33-20-10-19(26-12-27-20)29-22-25-6-4-17(28-22)13-5-7-30(21(32)9-13)18(11-31)14-2-3-15(23)16(24)8-14/h2-10,12,18,31H,11H2,1H3,(H,25,26,27,28,29). The van der Waals surface area contributed by atoms with Crippen molar-refractivity contribution in [1.29, 1.82) is 0 Å². The molecule has 33 heavy (non-hydrogen) atoms. The first-order valence-corrected chi connectivity index (χ1v) is 10.1. The summed E-state index contributed by atoms with van der Waals surface area (Å²) >= 11 is 5.74. The number of pyridine rings is 1. The van der Waals surface area contributed by atoms with Gasteiger partial charge in [0.2, 0.25) is 11.8 Å². The lowest BCUT2D eigenvalue weighted by Crippen LogP contribution is -2.27. The molecule has 168 valence electrons. The molecule has 11 heteroatoms. The minimum absolute atomic E-state index is 0.0354. The van der Waals surface area contributed by atoms with Gasteiger partial charge in [-0.3, -0.25) is 4.79 Å². The molecule has 0 spiro atoms. The average molecular weight is 469 g/mol. The number of aliphatic hydroxyl groups is 1. The number of methoxy groups -OCH3 is 1. The number of hydrogen-bond acceptors (Lipinski definition) is 8. The van der Waals surface area contributed by atoms with Gasteiger partial charge in [0.1, 0.15) is 18.0 Å². The zero-order valence-corrected chi connectivity index (χ0v) is 18.1. The van der Waals surface area contributed by atoms with E-state index >= 15 is 0 Å². The van der Waals surface area contributed by atoms with Gasteiger partial charge in [-0.2, -0.15) is 0 Å². The molecule has 3 heterocycles. The lowest BCUT2D eigenvalue weighted by molar-refractivity contribution is 0.247. The van der Waals surface area contributed by atoms with Crippen LogP contribution in [0.5, 0.6) is 5.88 Å². The number of aromatic nitrogens is 5. The highest BCUT2D eigenvalue weighted by Crippen LogP contribution is 2.24. The van der Waals surface area contributed by atoms with Crippen LogP contribution < -0.4 is 15.6 Å². The van der Waals surface area contributed by atoms with Crippen LogP contribution in [0.25, 0.3) is 11.3 Å². The minimum atomic E-state index is -0.770. The number of ether oxygens (including phenoxy) is 1. The molecule has 0 bridgehead atoms. The van der Waals surface area contributed by atoms with Crippen LogP contribution in [0.15, 0.2) is 66.0 Å². The van der Waals surface area contributed by atoms with Crippen LogP contribution in [-0.2, 0) is 0 Å². The molecule has 2 N–H and O–H groups in total. The van der Waals surface area contributed by atoms with Crippen LogP contribution in [-0.4, -0.2) is 43.3 Å². The van der Waals surface area contributed by atoms with Gasteiger partial charge in [0.25, 0.3) is 5.56 Å². The van der Waals surface area contributed by atoms with Crippen LogP contribution in [0.1, 0.15) is 11.6 Å². The fourth-order valence-corrected chi connectivity index (χ4v) is 3.31. The molecule has 1 unspecified atom stereocenters. The van der Waals surface area contributed by atoms with Crippen molar-refractivity contribution in [2.45, 2.75) is 6.04 Å². The number of nitrogens with zero attached hydrogens (tertiary/aromatic N) is 5. The molecule has 4 aromatic rings. The van der Waals surface area contributed by atoms with Gasteiger partial charge in [-0.05, 0) is 29.8 Å². The van der Waals surface area contributed by atoms with Gasteiger partial charge < -0.3 is 19.7 Å². The van der Waals surface area contributed by atoms with Gasteiger partial charge in [-0.1, -0.05) is 17.7 Å². The predicted molar refractivity (Wildman–Crippen MR) is 120 cm³/mol. The Labute approximate surface area is 192 Å². The summed E-state index contributed by atoms with van der Waals surface area (Å²) in [5.41, 5.74) is 1.07. The van der Waals surface area contributed by atoms with Crippen LogP contribution in [0, 0.1) is 5.82 Å². The number of aliphatic hydroxyl groups excluding tert-OH is 1. The van der Waals surface area contributed by atoms with E-state index in [1.165, 1.54) is 42.4 Å². The number of hydrogen-bond donors (Lipinski definition) is 2. The Morgan fingerprint density at radius 1 is 1.18 bits per heavy atom. The summed E-state index contributed by atoms with van der Waals surface area (Å²) in [6, 6.07) is 9.69. The maximum Gasteiger partial charge on any atom is 0.251 e. The summed E-state index contributed by atoms with van der Waals surface area (Å²) in [7, 11) is 1.50. The zero-order chi connectivity index (χ0) is 23.4. The first-order chi connectivity index (χ1) is 16.0. The predicted octanol–water partition coefficient (Wildman–Crippen LogP) is 3.22. The monoisotopic (exact) mass is 468 g/mol. The van der Waals surface area contributed by atoms with Crippen molar-refractivity contribution in [2.24, 2.45) is 0 Å². The molecule has 1 atom stereocenters. The highest BCUT2D eigenvalue weighted by atomic mass is 35.5. The average Bonchev–Trinajstić information content (AvgIpc) is 2.83. The van der Waals surface area contributed by atoms with Gasteiger partial charge in [-0.15, -0.1) is 0 Å². The van der Waals surface area contributed by atoms with E-state index in [1.807, 2.05) is 0 Å². The van der Waals surface area contributed by atoms with Gasteiger partial charge in [0.15, 0.2) is 0 Å². The number of nitrogens with one attached hydrogen (secondary N) is 1. The molecule has 0 aliphatic heterocycles. The third kappa shape index (κ3) is 4.97. The second-order valence-electron chi connectivity index (χ2n) is 6.87. The van der Waals surface area contributed by atoms with Crippen molar-refractivity contribution in [3.05, 3.63) is 87.9 Å². The maximum absolute atomic E-state index is 13.9. The summed E-state index contributed by atoms with van der Waals surface area (Å²) in [5, 5.41) is 12.8. The van der Waals surface area contributed by atoms with E-state index in [1.54, 1.807) is 30.5 Å². The SMILES string of the molecule is COc1cc(Nc2nccc(-c3ccn(C(CO)c4ccc(Cl)c(F)c4)c(=O)c3)n2)ncn1. The molecule has 4 rings (SSSR count). The Morgan fingerprint density at radius 3 is 2.76 bits per heavy atom. The molecule has 9 nitrogen and oxygen atoms in total. The first-order valence-electron chi connectivity index (χ1n) is 9.73. The zero-order valence-electron chi connectivity index (χ0n) is 17.3. The van der Waals surface area contributed by atoms with E-state index in [4.69, 9.17) is 16.3 Å². The number of anilines is 2. The molecule has 1 aromatic carbocycles. The van der Waals surface area contributed by atoms with E-state index in [0.29, 0.717) is 28.5 Å². The van der Waals surface area contributed by atoms with Gasteiger partial charge in [-0.25, -0.2) is 24.3 Å². The molecule has 0 aliphatic carbocycles.